The predicted octanol–water partition coefficient (Wildman–Crippen LogP) is 3.16. The Bertz CT molecular complexity index is 526. The molecule has 1 saturated heterocycles. The van der Waals surface area contributed by atoms with E-state index >= 15 is 0 Å². The van der Waals surface area contributed by atoms with Gasteiger partial charge >= 0.3 is 0 Å². The summed E-state index contributed by atoms with van der Waals surface area (Å²) in [6.45, 7) is 4.44. The number of pyridine rings is 1. The van der Waals surface area contributed by atoms with E-state index < -0.39 is 0 Å². The number of hydrogen-bond donors (Lipinski definition) is 1. The molecule has 0 saturated carbocycles. The zero-order valence-electron chi connectivity index (χ0n) is 11.9. The van der Waals surface area contributed by atoms with Crippen molar-refractivity contribution in [1.82, 2.24) is 9.88 Å². The Morgan fingerprint density at radius 2 is 2.05 bits per heavy atom. The molecule has 1 aromatic heterocycles. The minimum Gasteiger partial charge on any atom is -0.380 e. The van der Waals surface area contributed by atoms with Crippen LogP contribution in [0.3, 0.4) is 0 Å². The van der Waals surface area contributed by atoms with Gasteiger partial charge in [-0.25, -0.2) is 0 Å². The molecule has 3 nitrogen and oxygen atoms in total. The third-order valence-electron chi connectivity index (χ3n) is 3.96. The molecule has 3 rings (SSSR count). The number of likely N-dealkylation sites (tertiary alicyclic amines) is 1. The standard InChI is InChI=1S/C17H21N3/c1-14-10-17(19-16-8-5-9-18-11-16)13-20(14)12-15-6-3-2-4-7-15/h2-9,11,14,17,19H,10,12-13H2,1H3. The van der Waals surface area contributed by atoms with Crippen LogP contribution in [0.4, 0.5) is 5.69 Å². The van der Waals surface area contributed by atoms with Crippen LogP contribution in [-0.4, -0.2) is 28.5 Å². The van der Waals surface area contributed by atoms with Crippen molar-refractivity contribution < 1.29 is 0 Å². The summed E-state index contributed by atoms with van der Waals surface area (Å²) in [5.41, 5.74) is 2.51. The highest BCUT2D eigenvalue weighted by Crippen LogP contribution is 2.22. The molecule has 104 valence electrons. The maximum absolute atomic E-state index is 4.16. The number of nitrogens with zero attached hydrogens (tertiary/aromatic N) is 2. The van der Waals surface area contributed by atoms with E-state index in [9.17, 15) is 0 Å². The lowest BCUT2D eigenvalue weighted by molar-refractivity contribution is 0.259. The molecule has 2 aromatic rings. The second-order valence-electron chi connectivity index (χ2n) is 5.58. The van der Waals surface area contributed by atoms with Crippen LogP contribution in [0.1, 0.15) is 18.9 Å². The van der Waals surface area contributed by atoms with Crippen LogP contribution >= 0.6 is 0 Å². The normalized spacial score (nSPS) is 22.9. The Kier molecular flexibility index (Phi) is 3.97. The third kappa shape index (κ3) is 3.17. The fourth-order valence-electron chi connectivity index (χ4n) is 2.93. The summed E-state index contributed by atoms with van der Waals surface area (Å²) in [4.78, 5) is 6.70. The van der Waals surface area contributed by atoms with Gasteiger partial charge in [-0.15, -0.1) is 0 Å². The molecule has 1 N–H and O–H groups in total. The van der Waals surface area contributed by atoms with Crippen LogP contribution in [0.15, 0.2) is 54.9 Å². The van der Waals surface area contributed by atoms with Crippen LogP contribution in [0.5, 0.6) is 0 Å². The Morgan fingerprint density at radius 1 is 1.20 bits per heavy atom. The third-order valence-corrected chi connectivity index (χ3v) is 3.96. The molecule has 20 heavy (non-hydrogen) atoms. The summed E-state index contributed by atoms with van der Waals surface area (Å²) >= 11 is 0. The first-order valence-corrected chi connectivity index (χ1v) is 7.26. The molecule has 2 unspecified atom stereocenters. The Labute approximate surface area is 120 Å². The van der Waals surface area contributed by atoms with Gasteiger partial charge in [-0.1, -0.05) is 30.3 Å². The first-order valence-electron chi connectivity index (χ1n) is 7.26. The van der Waals surface area contributed by atoms with Gasteiger partial charge in [0.05, 0.1) is 5.69 Å². The molecule has 0 spiro atoms. The van der Waals surface area contributed by atoms with Crippen molar-refractivity contribution in [3.8, 4) is 0 Å². The van der Waals surface area contributed by atoms with Gasteiger partial charge in [0.1, 0.15) is 0 Å². The number of anilines is 1. The molecule has 2 heterocycles. The van der Waals surface area contributed by atoms with Crippen LogP contribution in [0, 0.1) is 0 Å². The monoisotopic (exact) mass is 267 g/mol. The van der Waals surface area contributed by atoms with Gasteiger partial charge < -0.3 is 5.32 Å². The molecule has 3 heteroatoms. The van der Waals surface area contributed by atoms with Gasteiger partial charge in [0.25, 0.3) is 0 Å². The Hall–Kier alpha value is -1.87. The van der Waals surface area contributed by atoms with Crippen molar-refractivity contribution in [2.24, 2.45) is 0 Å². The molecule has 1 aliphatic rings. The van der Waals surface area contributed by atoms with E-state index in [2.05, 4.69) is 58.5 Å². The number of aromatic nitrogens is 1. The second-order valence-corrected chi connectivity index (χ2v) is 5.58. The molecule has 2 atom stereocenters. The van der Waals surface area contributed by atoms with Crippen molar-refractivity contribution in [3.05, 3.63) is 60.4 Å². The summed E-state index contributed by atoms with van der Waals surface area (Å²) in [5, 5.41) is 3.58. The maximum atomic E-state index is 4.16. The minimum absolute atomic E-state index is 0.512. The summed E-state index contributed by atoms with van der Waals surface area (Å²) in [7, 11) is 0. The molecular formula is C17H21N3. The number of rotatable bonds is 4. The molecule has 1 fully saturated rings. The maximum Gasteiger partial charge on any atom is 0.0529 e. The molecule has 1 aromatic carbocycles. The lowest BCUT2D eigenvalue weighted by atomic mass is 10.2. The van der Waals surface area contributed by atoms with E-state index in [1.807, 2.05) is 18.5 Å². The SMILES string of the molecule is CC1CC(Nc2cccnc2)CN1Cc1ccccc1. The van der Waals surface area contributed by atoms with E-state index in [-0.39, 0.29) is 0 Å². The van der Waals surface area contributed by atoms with Crippen LogP contribution in [-0.2, 0) is 6.54 Å². The molecule has 0 radical (unpaired) electrons. The van der Waals surface area contributed by atoms with Crippen molar-refractivity contribution in [1.29, 1.82) is 0 Å². The van der Waals surface area contributed by atoms with Crippen LogP contribution in [0.25, 0.3) is 0 Å². The van der Waals surface area contributed by atoms with Gasteiger partial charge in [0.15, 0.2) is 0 Å². The van der Waals surface area contributed by atoms with E-state index in [4.69, 9.17) is 0 Å². The zero-order chi connectivity index (χ0) is 13.8. The van der Waals surface area contributed by atoms with Gasteiger partial charge in [0, 0.05) is 37.6 Å². The van der Waals surface area contributed by atoms with E-state index in [1.165, 1.54) is 12.0 Å². The Balaban J connectivity index is 1.59. The highest BCUT2D eigenvalue weighted by Gasteiger charge is 2.28. The smallest absolute Gasteiger partial charge is 0.0529 e. The summed E-state index contributed by atoms with van der Waals surface area (Å²) in [5.74, 6) is 0. The van der Waals surface area contributed by atoms with Gasteiger partial charge in [-0.3, -0.25) is 9.88 Å². The highest BCUT2D eigenvalue weighted by molar-refractivity contribution is 5.41. The first kappa shape index (κ1) is 13.1. The summed E-state index contributed by atoms with van der Waals surface area (Å²) in [6.07, 6.45) is 4.89. The van der Waals surface area contributed by atoms with Crippen LogP contribution < -0.4 is 5.32 Å². The Morgan fingerprint density at radius 3 is 2.80 bits per heavy atom. The van der Waals surface area contributed by atoms with Gasteiger partial charge in [-0.2, -0.15) is 0 Å². The molecule has 0 aliphatic carbocycles. The highest BCUT2D eigenvalue weighted by atomic mass is 15.2. The summed E-state index contributed by atoms with van der Waals surface area (Å²) < 4.78 is 0. The van der Waals surface area contributed by atoms with Crippen molar-refractivity contribution >= 4 is 5.69 Å². The zero-order valence-corrected chi connectivity index (χ0v) is 11.9. The molecular weight excluding hydrogens is 246 g/mol. The largest absolute Gasteiger partial charge is 0.380 e. The average Bonchev–Trinajstić information content (AvgIpc) is 2.81. The van der Waals surface area contributed by atoms with Gasteiger partial charge in [0.2, 0.25) is 0 Å². The van der Waals surface area contributed by atoms with Gasteiger partial charge in [-0.05, 0) is 31.0 Å². The molecule has 1 aliphatic heterocycles. The first-order chi connectivity index (χ1) is 9.81. The second kappa shape index (κ2) is 6.06. The molecule has 0 amide bonds. The van der Waals surface area contributed by atoms with E-state index in [0.717, 1.165) is 18.8 Å². The lowest BCUT2D eigenvalue weighted by Crippen LogP contribution is -2.28. The summed E-state index contributed by atoms with van der Waals surface area (Å²) in [6, 6.07) is 15.9. The van der Waals surface area contributed by atoms with E-state index in [0.29, 0.717) is 12.1 Å². The number of nitrogens with one attached hydrogen (secondary N) is 1. The fourth-order valence-corrected chi connectivity index (χ4v) is 2.93. The quantitative estimate of drug-likeness (QED) is 0.922. The number of benzene rings is 1. The topological polar surface area (TPSA) is 28.2 Å². The number of hydrogen-bond acceptors (Lipinski definition) is 3. The predicted molar refractivity (Wildman–Crippen MR) is 82.6 cm³/mol. The minimum atomic E-state index is 0.512. The fraction of sp³-hybridized carbons (Fsp3) is 0.353. The van der Waals surface area contributed by atoms with E-state index in [1.54, 1.807) is 0 Å². The lowest BCUT2D eigenvalue weighted by Gasteiger charge is -2.21. The van der Waals surface area contributed by atoms with Crippen molar-refractivity contribution in [3.63, 3.8) is 0 Å². The van der Waals surface area contributed by atoms with Crippen molar-refractivity contribution in [2.75, 3.05) is 11.9 Å². The average molecular weight is 267 g/mol. The van der Waals surface area contributed by atoms with Crippen LogP contribution in [0.2, 0.25) is 0 Å². The van der Waals surface area contributed by atoms with Crippen molar-refractivity contribution in [2.45, 2.75) is 32.0 Å². The molecule has 0 bridgehead atoms.